The average Bonchev–Trinajstić information content (AvgIpc) is 3.56. The van der Waals surface area contributed by atoms with E-state index in [0.717, 1.165) is 24.4 Å². The topological polar surface area (TPSA) is 154 Å². The quantitative estimate of drug-likeness (QED) is 0.321. The highest BCUT2D eigenvalue weighted by Crippen LogP contribution is 2.37. The zero-order chi connectivity index (χ0) is 23.4. The standard InChI is InChI=1S/C20H24N10O2S/c1-3-4-15(31)27-28-18-23-17(26-20-22-11-14(33-20)16(21)32)24-19(25-18)30-9-7-29(8-10-30)12(2)13-5-6-13/h11,13H,2,5-10H2,1H3,(H2,21,32)(H,27,31)(H2,22,23,24,25,26,28). The summed E-state index contributed by atoms with van der Waals surface area (Å²) in [6.45, 7) is 8.88. The Bertz CT molecular complexity index is 1130. The van der Waals surface area contributed by atoms with Crippen LogP contribution in [0.15, 0.2) is 18.5 Å². The number of piperazine rings is 1. The molecule has 1 saturated carbocycles. The monoisotopic (exact) mass is 468 g/mol. The lowest BCUT2D eigenvalue weighted by Crippen LogP contribution is -2.46. The van der Waals surface area contributed by atoms with Crippen LogP contribution in [0.5, 0.6) is 0 Å². The van der Waals surface area contributed by atoms with E-state index >= 15 is 0 Å². The Morgan fingerprint density at radius 1 is 1.18 bits per heavy atom. The molecule has 172 valence electrons. The number of rotatable bonds is 8. The van der Waals surface area contributed by atoms with Crippen LogP contribution in [0.2, 0.25) is 0 Å². The first-order valence-electron chi connectivity index (χ1n) is 10.4. The minimum Gasteiger partial charge on any atom is -0.372 e. The predicted molar refractivity (Wildman–Crippen MR) is 125 cm³/mol. The number of nitrogens with zero attached hydrogens (tertiary/aromatic N) is 6. The van der Waals surface area contributed by atoms with E-state index in [9.17, 15) is 9.59 Å². The maximum absolute atomic E-state index is 11.7. The molecular formula is C20H24N10O2S. The van der Waals surface area contributed by atoms with Gasteiger partial charge in [-0.1, -0.05) is 23.8 Å². The van der Waals surface area contributed by atoms with Gasteiger partial charge < -0.3 is 15.5 Å². The molecule has 0 bridgehead atoms. The van der Waals surface area contributed by atoms with Gasteiger partial charge in [0.15, 0.2) is 5.13 Å². The van der Waals surface area contributed by atoms with Gasteiger partial charge in [0.1, 0.15) is 4.88 Å². The van der Waals surface area contributed by atoms with Gasteiger partial charge in [-0.05, 0) is 31.6 Å². The highest BCUT2D eigenvalue weighted by molar-refractivity contribution is 7.17. The number of primary amides is 1. The first-order chi connectivity index (χ1) is 15.9. The molecule has 12 nitrogen and oxygen atoms in total. The summed E-state index contributed by atoms with van der Waals surface area (Å²) in [5.74, 6) is 5.19. The molecule has 1 aliphatic carbocycles. The smallest absolute Gasteiger partial charge is 0.314 e. The molecule has 13 heteroatoms. The molecule has 0 spiro atoms. The number of hydrogen-bond donors (Lipinski definition) is 4. The van der Waals surface area contributed by atoms with Gasteiger partial charge in [-0.2, -0.15) is 15.0 Å². The Morgan fingerprint density at radius 3 is 2.55 bits per heavy atom. The highest BCUT2D eigenvalue weighted by atomic mass is 32.1. The first-order valence-corrected chi connectivity index (χ1v) is 11.2. The van der Waals surface area contributed by atoms with E-state index in [0.29, 0.717) is 35.0 Å². The summed E-state index contributed by atoms with van der Waals surface area (Å²) in [6, 6.07) is 0. The van der Waals surface area contributed by atoms with Crippen molar-refractivity contribution in [1.82, 2.24) is 30.3 Å². The van der Waals surface area contributed by atoms with Gasteiger partial charge in [-0.25, -0.2) is 4.98 Å². The number of nitrogens with two attached hydrogens (primary N) is 1. The lowest BCUT2D eigenvalue weighted by Gasteiger charge is -2.37. The summed E-state index contributed by atoms with van der Waals surface area (Å²) >= 11 is 1.08. The minimum absolute atomic E-state index is 0.130. The van der Waals surface area contributed by atoms with Crippen molar-refractivity contribution in [1.29, 1.82) is 0 Å². The fourth-order valence-electron chi connectivity index (χ4n) is 3.29. The third kappa shape index (κ3) is 5.66. The molecule has 1 aliphatic heterocycles. The van der Waals surface area contributed by atoms with Crippen LogP contribution in [-0.2, 0) is 4.79 Å². The van der Waals surface area contributed by atoms with E-state index in [2.05, 4.69) is 59.4 Å². The van der Waals surface area contributed by atoms with Crippen molar-refractivity contribution in [2.24, 2.45) is 11.7 Å². The van der Waals surface area contributed by atoms with E-state index in [1.807, 2.05) is 4.90 Å². The van der Waals surface area contributed by atoms with E-state index < -0.39 is 11.8 Å². The summed E-state index contributed by atoms with van der Waals surface area (Å²) in [5, 5.41) is 3.37. The van der Waals surface area contributed by atoms with Crippen molar-refractivity contribution in [2.45, 2.75) is 19.8 Å². The van der Waals surface area contributed by atoms with Gasteiger partial charge in [0.2, 0.25) is 17.8 Å². The normalized spacial score (nSPS) is 15.3. The molecule has 0 unspecified atom stereocenters. The van der Waals surface area contributed by atoms with Crippen LogP contribution in [0.1, 0.15) is 29.4 Å². The lowest BCUT2D eigenvalue weighted by atomic mass is 10.2. The third-order valence-corrected chi connectivity index (χ3v) is 6.06. The maximum Gasteiger partial charge on any atom is 0.314 e. The number of anilines is 4. The molecule has 1 saturated heterocycles. The van der Waals surface area contributed by atoms with E-state index in [-0.39, 0.29) is 11.9 Å². The van der Waals surface area contributed by atoms with Gasteiger partial charge in [0, 0.05) is 31.9 Å². The van der Waals surface area contributed by atoms with Crippen molar-refractivity contribution >= 4 is 46.1 Å². The summed E-state index contributed by atoms with van der Waals surface area (Å²) in [6.07, 6.45) is 3.82. The summed E-state index contributed by atoms with van der Waals surface area (Å²) in [7, 11) is 0. The van der Waals surface area contributed by atoms with Crippen LogP contribution in [0.4, 0.5) is 23.0 Å². The highest BCUT2D eigenvalue weighted by Gasteiger charge is 2.30. The number of carbonyl (C=O) groups excluding carboxylic acids is 2. The molecule has 2 fully saturated rings. The molecular weight excluding hydrogens is 444 g/mol. The van der Waals surface area contributed by atoms with Crippen molar-refractivity contribution in [2.75, 3.05) is 41.8 Å². The number of allylic oxidation sites excluding steroid dienone is 1. The van der Waals surface area contributed by atoms with Crippen LogP contribution in [0, 0.1) is 17.8 Å². The number of carbonyl (C=O) groups is 2. The van der Waals surface area contributed by atoms with E-state index in [1.165, 1.54) is 24.7 Å². The zero-order valence-electron chi connectivity index (χ0n) is 18.1. The Morgan fingerprint density at radius 2 is 1.91 bits per heavy atom. The van der Waals surface area contributed by atoms with Gasteiger partial charge in [0.05, 0.1) is 6.20 Å². The van der Waals surface area contributed by atoms with Crippen LogP contribution < -0.4 is 26.8 Å². The van der Waals surface area contributed by atoms with E-state index in [1.54, 1.807) is 6.92 Å². The SMILES string of the molecule is C=C(C1CC1)N1CCN(c2nc(NNC(=O)C#CC)nc(Nc3ncc(C(N)=O)s3)n2)CC1. The summed E-state index contributed by atoms with van der Waals surface area (Å²) in [5.41, 5.74) is 11.6. The molecule has 2 aromatic rings. The maximum atomic E-state index is 11.7. The predicted octanol–water partition coefficient (Wildman–Crippen LogP) is 0.683. The van der Waals surface area contributed by atoms with Gasteiger partial charge in [0.25, 0.3) is 5.91 Å². The number of aromatic nitrogens is 4. The van der Waals surface area contributed by atoms with Gasteiger partial charge in [-0.3, -0.25) is 25.8 Å². The third-order valence-electron chi connectivity index (χ3n) is 5.13. The van der Waals surface area contributed by atoms with Crippen molar-refractivity contribution in [3.63, 3.8) is 0 Å². The molecule has 33 heavy (non-hydrogen) atoms. The second kappa shape index (κ2) is 9.70. The van der Waals surface area contributed by atoms with Crippen LogP contribution in [0.3, 0.4) is 0 Å². The molecule has 5 N–H and O–H groups in total. The number of nitrogens with one attached hydrogen (secondary N) is 3. The second-order valence-electron chi connectivity index (χ2n) is 7.50. The molecule has 0 radical (unpaired) electrons. The Kier molecular flexibility index (Phi) is 6.55. The summed E-state index contributed by atoms with van der Waals surface area (Å²) < 4.78 is 0. The zero-order valence-corrected chi connectivity index (χ0v) is 18.9. The Balaban J connectivity index is 1.51. The van der Waals surface area contributed by atoms with Crippen LogP contribution in [-0.4, -0.2) is 62.8 Å². The van der Waals surface area contributed by atoms with Gasteiger partial charge >= 0.3 is 5.91 Å². The fraction of sp³-hybridized carbons (Fsp3) is 0.400. The summed E-state index contributed by atoms with van der Waals surface area (Å²) in [4.78, 5) is 45.1. The molecule has 2 aliphatic rings. The molecule has 2 aromatic heterocycles. The molecule has 0 atom stereocenters. The van der Waals surface area contributed by atoms with Crippen LogP contribution in [0.25, 0.3) is 0 Å². The number of thiazole rings is 1. The number of hydrazine groups is 1. The Hall–Kier alpha value is -3.92. The van der Waals surface area contributed by atoms with Crippen molar-refractivity contribution in [3.8, 4) is 11.8 Å². The van der Waals surface area contributed by atoms with Crippen molar-refractivity contribution < 1.29 is 9.59 Å². The molecule has 0 aromatic carbocycles. The average molecular weight is 469 g/mol. The molecule has 3 heterocycles. The Labute approximate surface area is 194 Å². The van der Waals surface area contributed by atoms with E-state index in [4.69, 9.17) is 5.73 Å². The van der Waals surface area contributed by atoms with Gasteiger partial charge in [-0.15, -0.1) is 0 Å². The van der Waals surface area contributed by atoms with Crippen LogP contribution >= 0.6 is 11.3 Å². The lowest BCUT2D eigenvalue weighted by molar-refractivity contribution is -0.115. The first kappa shape index (κ1) is 22.3. The largest absolute Gasteiger partial charge is 0.372 e. The number of hydrogen-bond acceptors (Lipinski definition) is 11. The number of amides is 2. The second-order valence-corrected chi connectivity index (χ2v) is 8.53. The fourth-order valence-corrected chi connectivity index (χ4v) is 3.95. The molecule has 4 rings (SSSR count). The minimum atomic E-state index is -0.565. The van der Waals surface area contributed by atoms with Crippen molar-refractivity contribution in [3.05, 3.63) is 23.3 Å². The molecule has 2 amide bonds.